The quantitative estimate of drug-likeness (QED) is 0.630. The van der Waals surface area contributed by atoms with Gasteiger partial charge in [-0.05, 0) is 42.5 Å². The molecule has 1 aliphatic carbocycles. The average molecular weight is 360 g/mol. The lowest BCUT2D eigenvalue weighted by Gasteiger charge is -2.08. The van der Waals surface area contributed by atoms with Crippen LogP contribution in [0.2, 0.25) is 0 Å². The van der Waals surface area contributed by atoms with Gasteiger partial charge in [-0.15, -0.1) is 0 Å². The number of benzene rings is 2. The van der Waals surface area contributed by atoms with Crippen molar-refractivity contribution in [3.8, 4) is 0 Å². The topological polar surface area (TPSA) is 106 Å². The van der Waals surface area contributed by atoms with Gasteiger partial charge in [-0.2, -0.15) is 0 Å². The van der Waals surface area contributed by atoms with Crippen LogP contribution in [0.3, 0.4) is 0 Å². The molecule has 0 atom stereocenters. The Morgan fingerprint density at radius 2 is 1.84 bits per heavy atom. The summed E-state index contributed by atoms with van der Waals surface area (Å²) in [4.78, 5) is 22.7. The van der Waals surface area contributed by atoms with Crippen molar-refractivity contribution in [1.82, 2.24) is 0 Å². The van der Waals surface area contributed by atoms with E-state index in [4.69, 9.17) is 0 Å². The third-order valence-electron chi connectivity index (χ3n) is 3.91. The lowest BCUT2D eigenvalue weighted by atomic mass is 10.1. The number of hydrogen-bond acceptors (Lipinski definition) is 5. The van der Waals surface area contributed by atoms with Crippen LogP contribution in [0.4, 0.5) is 11.4 Å². The normalized spacial score (nSPS) is 14.1. The van der Waals surface area contributed by atoms with Crippen LogP contribution in [0.15, 0.2) is 53.4 Å². The van der Waals surface area contributed by atoms with E-state index in [0.29, 0.717) is 0 Å². The molecule has 7 nitrogen and oxygen atoms in total. The molecule has 25 heavy (non-hydrogen) atoms. The summed E-state index contributed by atoms with van der Waals surface area (Å²) in [6.45, 7) is 0. The van der Waals surface area contributed by atoms with Crippen molar-refractivity contribution in [1.29, 1.82) is 0 Å². The number of nitrogens with one attached hydrogen (secondary N) is 1. The van der Waals surface area contributed by atoms with E-state index in [1.165, 1.54) is 24.3 Å². The Hall–Kier alpha value is -2.74. The van der Waals surface area contributed by atoms with Crippen LogP contribution >= 0.6 is 0 Å². The van der Waals surface area contributed by atoms with E-state index in [9.17, 15) is 23.3 Å². The number of nitro groups is 1. The Labute approximate surface area is 144 Å². The summed E-state index contributed by atoms with van der Waals surface area (Å²) in [7, 11) is -3.77. The first-order chi connectivity index (χ1) is 11.8. The Morgan fingerprint density at radius 3 is 2.44 bits per heavy atom. The highest BCUT2D eigenvalue weighted by molar-refractivity contribution is 7.92. The zero-order valence-corrected chi connectivity index (χ0v) is 14.0. The molecular weight excluding hydrogens is 344 g/mol. The second-order valence-corrected chi connectivity index (χ2v) is 7.95. The molecule has 1 amide bonds. The van der Waals surface area contributed by atoms with Gasteiger partial charge in [-0.3, -0.25) is 14.9 Å². The van der Waals surface area contributed by atoms with Gasteiger partial charge in [0.05, 0.1) is 9.82 Å². The van der Waals surface area contributed by atoms with Gasteiger partial charge in [0.1, 0.15) is 5.75 Å². The van der Waals surface area contributed by atoms with Crippen LogP contribution in [0.5, 0.6) is 0 Å². The molecule has 0 bridgehead atoms. The van der Waals surface area contributed by atoms with Crippen LogP contribution in [0.25, 0.3) is 0 Å². The minimum absolute atomic E-state index is 0.0582. The highest BCUT2D eigenvalue weighted by atomic mass is 32.2. The molecule has 2 aromatic carbocycles. The molecule has 130 valence electrons. The van der Waals surface area contributed by atoms with Crippen LogP contribution < -0.4 is 5.32 Å². The number of rotatable bonds is 6. The molecule has 8 heteroatoms. The van der Waals surface area contributed by atoms with Crippen molar-refractivity contribution in [2.45, 2.75) is 23.7 Å². The minimum atomic E-state index is -3.77. The summed E-state index contributed by atoms with van der Waals surface area (Å²) in [5, 5.41) is 13.5. The fourth-order valence-corrected chi connectivity index (χ4v) is 3.70. The monoisotopic (exact) mass is 360 g/mol. The maximum Gasteiger partial charge on any atom is 0.271 e. The second kappa shape index (κ2) is 6.64. The molecule has 1 fully saturated rings. The van der Waals surface area contributed by atoms with E-state index in [1.54, 1.807) is 24.3 Å². The molecule has 0 spiro atoms. The number of carbonyl (C=O) groups excluding carboxylic acids is 1. The number of amides is 1. The van der Waals surface area contributed by atoms with Gasteiger partial charge in [-0.25, -0.2) is 8.42 Å². The third kappa shape index (κ3) is 4.21. The van der Waals surface area contributed by atoms with Crippen molar-refractivity contribution in [3.05, 3.63) is 64.2 Å². The van der Waals surface area contributed by atoms with Crippen molar-refractivity contribution < 1.29 is 18.1 Å². The van der Waals surface area contributed by atoms with Crippen molar-refractivity contribution in [2.24, 2.45) is 0 Å². The molecule has 0 aliphatic heterocycles. The number of nitrogens with zero attached hydrogens (tertiary/aromatic N) is 1. The molecule has 0 unspecified atom stereocenters. The van der Waals surface area contributed by atoms with Gasteiger partial charge in [0.15, 0.2) is 9.84 Å². The van der Waals surface area contributed by atoms with Crippen LogP contribution in [0, 0.1) is 10.1 Å². The highest BCUT2D eigenvalue weighted by Gasteiger charge is 2.26. The Balaban J connectivity index is 1.78. The second-order valence-electron chi connectivity index (χ2n) is 5.96. The molecule has 2 aromatic rings. The number of hydrogen-bond donors (Lipinski definition) is 1. The summed E-state index contributed by atoms with van der Waals surface area (Å²) >= 11 is 0. The summed E-state index contributed by atoms with van der Waals surface area (Å²) < 4.78 is 24.4. The first-order valence-electron chi connectivity index (χ1n) is 7.72. The Morgan fingerprint density at radius 1 is 1.16 bits per heavy atom. The zero-order chi connectivity index (χ0) is 18.0. The molecule has 0 heterocycles. The fraction of sp³-hybridized carbons (Fsp3) is 0.235. The smallest absolute Gasteiger partial charge is 0.271 e. The predicted molar refractivity (Wildman–Crippen MR) is 92.2 cm³/mol. The maximum atomic E-state index is 12.2. The van der Waals surface area contributed by atoms with Crippen molar-refractivity contribution >= 4 is 27.1 Å². The molecule has 1 N–H and O–H groups in total. The maximum absolute atomic E-state index is 12.2. The summed E-state index contributed by atoms with van der Waals surface area (Å²) in [6.07, 6.45) is 1.91. The van der Waals surface area contributed by atoms with Gasteiger partial charge in [0, 0.05) is 17.8 Å². The van der Waals surface area contributed by atoms with Crippen LogP contribution in [-0.2, 0) is 14.6 Å². The third-order valence-corrected chi connectivity index (χ3v) is 5.54. The summed E-state index contributed by atoms with van der Waals surface area (Å²) in [5.41, 5.74) is 0.908. The van der Waals surface area contributed by atoms with E-state index >= 15 is 0 Å². The average Bonchev–Trinajstić information content (AvgIpc) is 3.39. The van der Waals surface area contributed by atoms with E-state index in [2.05, 4.69) is 5.32 Å². The molecule has 1 aliphatic rings. The van der Waals surface area contributed by atoms with Crippen molar-refractivity contribution in [3.63, 3.8) is 0 Å². The van der Waals surface area contributed by atoms with Gasteiger partial charge in [-0.1, -0.05) is 18.2 Å². The number of non-ortho nitro benzene ring substituents is 1. The Kier molecular flexibility index (Phi) is 4.54. The van der Waals surface area contributed by atoms with Crippen LogP contribution in [-0.4, -0.2) is 25.0 Å². The van der Waals surface area contributed by atoms with E-state index in [1.807, 2.05) is 0 Å². The highest BCUT2D eigenvalue weighted by Crippen LogP contribution is 2.42. The number of sulfone groups is 1. The fourth-order valence-electron chi connectivity index (χ4n) is 2.55. The first kappa shape index (κ1) is 17.1. The van der Waals surface area contributed by atoms with Gasteiger partial charge < -0.3 is 5.32 Å². The van der Waals surface area contributed by atoms with E-state index in [-0.39, 0.29) is 22.2 Å². The minimum Gasteiger partial charge on any atom is -0.325 e. The number of anilines is 1. The molecule has 0 radical (unpaired) electrons. The lowest BCUT2D eigenvalue weighted by Crippen LogP contribution is -2.23. The van der Waals surface area contributed by atoms with Gasteiger partial charge >= 0.3 is 0 Å². The Bertz CT molecular complexity index is 921. The predicted octanol–water partition coefficient (Wildman–Crippen LogP) is 2.88. The van der Waals surface area contributed by atoms with Crippen molar-refractivity contribution in [2.75, 3.05) is 11.1 Å². The largest absolute Gasteiger partial charge is 0.325 e. The summed E-state index contributed by atoms with van der Waals surface area (Å²) in [6, 6.07) is 12.1. The zero-order valence-electron chi connectivity index (χ0n) is 13.2. The summed E-state index contributed by atoms with van der Waals surface area (Å²) in [5.74, 6) is -1.19. The molecule has 0 aromatic heterocycles. The lowest BCUT2D eigenvalue weighted by molar-refractivity contribution is -0.384. The number of nitro benzene ring substituents is 1. The van der Waals surface area contributed by atoms with E-state index < -0.39 is 26.4 Å². The van der Waals surface area contributed by atoms with Crippen LogP contribution in [0.1, 0.15) is 24.3 Å². The first-order valence-corrected chi connectivity index (χ1v) is 9.37. The molecular formula is C17H16N2O5S. The SMILES string of the molecule is O=C(CS(=O)(=O)c1ccccc1)Nc1cc(C2CC2)cc([N+](=O)[O-])c1. The molecule has 3 rings (SSSR count). The van der Waals surface area contributed by atoms with Gasteiger partial charge in [0.25, 0.3) is 5.69 Å². The molecule has 0 saturated heterocycles. The van der Waals surface area contributed by atoms with E-state index in [0.717, 1.165) is 18.4 Å². The molecule has 1 saturated carbocycles. The van der Waals surface area contributed by atoms with Gasteiger partial charge in [0.2, 0.25) is 5.91 Å². The number of carbonyl (C=O) groups is 1. The standard InChI is InChI=1S/C17H16N2O5S/c20-17(11-25(23,24)16-4-2-1-3-5-16)18-14-8-13(12-6-7-12)9-15(10-14)19(21)22/h1-5,8-10,12H,6-7,11H2,(H,18,20).